The lowest BCUT2D eigenvalue weighted by Crippen LogP contribution is -2.07. The minimum absolute atomic E-state index is 0.823. The van der Waals surface area contributed by atoms with E-state index in [1.165, 1.54) is 10.9 Å². The van der Waals surface area contributed by atoms with Crippen LogP contribution in [0.15, 0.2) is 10.3 Å². The molecule has 0 atom stereocenters. The van der Waals surface area contributed by atoms with Crippen molar-refractivity contribution in [3.8, 4) is 0 Å². The molecule has 9 heavy (non-hydrogen) atoms. The molecule has 0 aromatic heterocycles. The molecule has 1 rings (SSSR count). The second kappa shape index (κ2) is 3.67. The number of rotatable bonds is 0. The van der Waals surface area contributed by atoms with Crippen molar-refractivity contribution in [3.05, 3.63) is 0 Å². The number of nitrogens with zero attached hydrogens (tertiary/aromatic N) is 3. The molecule has 0 radical (unpaired) electrons. The molecular weight excluding hydrogens is 138 g/mol. The second-order valence-corrected chi connectivity index (χ2v) is 2.47. The van der Waals surface area contributed by atoms with Crippen molar-refractivity contribution in [1.82, 2.24) is 4.53 Å². The van der Waals surface area contributed by atoms with Crippen molar-refractivity contribution in [2.45, 2.75) is 19.3 Å². The van der Waals surface area contributed by atoms with Crippen molar-refractivity contribution >= 4 is 11.8 Å². The lowest BCUT2D eigenvalue weighted by molar-refractivity contribution is 0.405. The third-order valence-electron chi connectivity index (χ3n) is 1.26. The molecule has 1 heterocycles. The fourth-order valence-electron chi connectivity index (χ4n) is 0.760. The van der Waals surface area contributed by atoms with Crippen molar-refractivity contribution in [2.24, 2.45) is 10.3 Å². The van der Waals surface area contributed by atoms with E-state index in [1.54, 1.807) is 0 Å². The molecule has 1 aliphatic rings. The minimum atomic E-state index is 0.823. The van der Waals surface area contributed by atoms with Crippen LogP contribution < -0.4 is 0 Å². The van der Waals surface area contributed by atoms with Crippen LogP contribution in [0.4, 0.5) is 0 Å². The normalized spacial score (nSPS) is 21.2. The van der Waals surface area contributed by atoms with Gasteiger partial charge >= 0.3 is 0 Å². The monoisotopic (exact) mass is 147 g/mol. The Kier molecular flexibility index (Phi) is 2.77. The molecule has 0 amide bonds. The van der Waals surface area contributed by atoms with E-state index in [1.807, 2.05) is 0 Å². The Bertz CT molecular complexity index is 104. The summed E-state index contributed by atoms with van der Waals surface area (Å²) < 4.78 is 1.37. The summed E-state index contributed by atoms with van der Waals surface area (Å²) in [6, 6.07) is 0. The summed E-state index contributed by atoms with van der Waals surface area (Å²) in [5, 5.41) is 7.54. The van der Waals surface area contributed by atoms with Gasteiger partial charge in [0.05, 0.1) is 13.1 Å². The van der Waals surface area contributed by atoms with Gasteiger partial charge in [-0.15, -0.1) is 0 Å². The van der Waals surface area contributed by atoms with E-state index in [0.29, 0.717) is 0 Å². The molecule has 0 aromatic carbocycles. The van der Waals surface area contributed by atoms with E-state index in [2.05, 4.69) is 10.3 Å². The van der Waals surface area contributed by atoms with Gasteiger partial charge in [0.15, 0.2) is 0 Å². The molecule has 0 bridgehead atoms. The van der Waals surface area contributed by atoms with E-state index in [9.17, 15) is 0 Å². The lowest BCUT2D eigenvalue weighted by Gasteiger charge is -2.09. The fraction of sp³-hybridized carbons (Fsp3) is 1.00. The van der Waals surface area contributed by atoms with Gasteiger partial charge in [0.1, 0.15) is 0 Å². The standard InChI is InChI=1S/C5H10ClN3/c6-9-5-3-1-2-4-7-8-9/h1-5H2. The molecule has 0 fully saturated rings. The third kappa shape index (κ3) is 2.65. The van der Waals surface area contributed by atoms with Gasteiger partial charge in [-0.2, -0.15) is 9.64 Å². The molecule has 0 saturated carbocycles. The third-order valence-corrected chi connectivity index (χ3v) is 1.50. The van der Waals surface area contributed by atoms with Crippen LogP contribution in [-0.4, -0.2) is 17.6 Å². The Balaban J connectivity index is 2.30. The first-order chi connectivity index (χ1) is 4.39. The zero-order valence-corrected chi connectivity index (χ0v) is 6.01. The van der Waals surface area contributed by atoms with Crippen LogP contribution in [0.2, 0.25) is 0 Å². The highest BCUT2D eigenvalue weighted by atomic mass is 35.5. The van der Waals surface area contributed by atoms with Gasteiger partial charge in [0.25, 0.3) is 0 Å². The van der Waals surface area contributed by atoms with Crippen LogP contribution in [0.25, 0.3) is 0 Å². The van der Waals surface area contributed by atoms with Crippen LogP contribution >= 0.6 is 11.8 Å². The first kappa shape index (κ1) is 6.81. The minimum Gasteiger partial charge on any atom is -0.187 e. The van der Waals surface area contributed by atoms with Crippen molar-refractivity contribution in [1.29, 1.82) is 0 Å². The predicted molar refractivity (Wildman–Crippen MR) is 36.1 cm³/mol. The van der Waals surface area contributed by atoms with Crippen LogP contribution in [0.1, 0.15) is 19.3 Å². The van der Waals surface area contributed by atoms with Gasteiger partial charge in [0, 0.05) is 11.8 Å². The fourth-order valence-corrected chi connectivity index (χ4v) is 0.927. The first-order valence-electron chi connectivity index (χ1n) is 3.20. The average molecular weight is 148 g/mol. The zero-order valence-electron chi connectivity index (χ0n) is 5.26. The van der Waals surface area contributed by atoms with Gasteiger partial charge in [-0.3, -0.25) is 0 Å². The second-order valence-electron chi connectivity index (χ2n) is 2.08. The van der Waals surface area contributed by atoms with E-state index in [4.69, 9.17) is 11.8 Å². The molecule has 0 aliphatic carbocycles. The summed E-state index contributed by atoms with van der Waals surface area (Å²) in [6.45, 7) is 1.65. The van der Waals surface area contributed by atoms with Crippen molar-refractivity contribution in [2.75, 3.05) is 13.1 Å². The van der Waals surface area contributed by atoms with E-state index in [-0.39, 0.29) is 0 Å². The highest BCUT2D eigenvalue weighted by Gasteiger charge is 1.98. The van der Waals surface area contributed by atoms with Crippen LogP contribution in [0.5, 0.6) is 0 Å². The molecule has 0 aromatic rings. The SMILES string of the molecule is ClN1CCCCCN=N1. The molecule has 4 heteroatoms. The molecule has 0 N–H and O–H groups in total. The Hall–Kier alpha value is -0.310. The maximum Gasteiger partial charge on any atom is 0.0620 e. The molecule has 1 aliphatic heterocycles. The van der Waals surface area contributed by atoms with Crippen LogP contribution in [0, 0.1) is 0 Å². The summed E-state index contributed by atoms with van der Waals surface area (Å²) in [7, 11) is 0. The molecule has 52 valence electrons. The molecule has 0 unspecified atom stereocenters. The highest BCUT2D eigenvalue weighted by Crippen LogP contribution is 2.06. The van der Waals surface area contributed by atoms with Crippen LogP contribution in [-0.2, 0) is 0 Å². The lowest BCUT2D eigenvalue weighted by atomic mass is 10.2. The van der Waals surface area contributed by atoms with Crippen LogP contribution in [0.3, 0.4) is 0 Å². The summed E-state index contributed by atoms with van der Waals surface area (Å²) >= 11 is 5.57. The molecule has 0 spiro atoms. The van der Waals surface area contributed by atoms with E-state index in [0.717, 1.165) is 25.9 Å². The Labute approximate surface area is 59.8 Å². The largest absolute Gasteiger partial charge is 0.187 e. The smallest absolute Gasteiger partial charge is 0.0620 e. The van der Waals surface area contributed by atoms with E-state index < -0.39 is 0 Å². The Morgan fingerprint density at radius 2 is 2.11 bits per heavy atom. The quantitative estimate of drug-likeness (QED) is 0.482. The molecule has 0 saturated heterocycles. The highest BCUT2D eigenvalue weighted by molar-refractivity contribution is 6.13. The summed E-state index contributed by atoms with van der Waals surface area (Å²) in [6.07, 6.45) is 3.49. The summed E-state index contributed by atoms with van der Waals surface area (Å²) in [5.41, 5.74) is 0. The summed E-state index contributed by atoms with van der Waals surface area (Å²) in [4.78, 5) is 0. The summed E-state index contributed by atoms with van der Waals surface area (Å²) in [5.74, 6) is 0. The van der Waals surface area contributed by atoms with Gasteiger partial charge in [-0.05, 0) is 19.3 Å². The maximum atomic E-state index is 5.57. The average Bonchev–Trinajstić information content (AvgIpc) is 1.79. The Morgan fingerprint density at radius 1 is 1.22 bits per heavy atom. The predicted octanol–water partition coefficient (Wildman–Crippen LogP) is 1.99. The van der Waals surface area contributed by atoms with Gasteiger partial charge in [-0.25, -0.2) is 0 Å². The number of halogens is 1. The van der Waals surface area contributed by atoms with Crippen molar-refractivity contribution in [3.63, 3.8) is 0 Å². The zero-order chi connectivity index (χ0) is 6.53. The number of hydrogen-bond donors (Lipinski definition) is 0. The Morgan fingerprint density at radius 3 is 3.00 bits per heavy atom. The number of hydrogen-bond acceptors (Lipinski definition) is 3. The van der Waals surface area contributed by atoms with Crippen molar-refractivity contribution < 1.29 is 0 Å². The van der Waals surface area contributed by atoms with E-state index >= 15 is 0 Å². The topological polar surface area (TPSA) is 28.0 Å². The first-order valence-corrected chi connectivity index (χ1v) is 3.54. The maximum absolute atomic E-state index is 5.57. The van der Waals surface area contributed by atoms with Gasteiger partial charge in [0.2, 0.25) is 0 Å². The van der Waals surface area contributed by atoms with Gasteiger partial charge in [-0.1, -0.05) is 5.22 Å². The molecular formula is C5H10ClN3. The molecule has 3 nitrogen and oxygen atoms in total. The van der Waals surface area contributed by atoms with Gasteiger partial charge < -0.3 is 0 Å².